The van der Waals surface area contributed by atoms with Crippen LogP contribution in [0, 0.1) is 13.8 Å². The van der Waals surface area contributed by atoms with E-state index in [1.807, 2.05) is 41.8 Å². The van der Waals surface area contributed by atoms with Crippen molar-refractivity contribution in [2.45, 2.75) is 27.3 Å². The number of esters is 1. The highest BCUT2D eigenvalue weighted by Crippen LogP contribution is 2.25. The molecule has 0 bridgehead atoms. The Bertz CT molecular complexity index is 944. The molecule has 0 saturated heterocycles. The zero-order valence-corrected chi connectivity index (χ0v) is 15.5. The molecule has 0 unspecified atom stereocenters. The normalized spacial score (nSPS) is 10.6. The van der Waals surface area contributed by atoms with E-state index in [4.69, 9.17) is 9.26 Å². The number of hydrogen-bond donors (Lipinski definition) is 1. The van der Waals surface area contributed by atoms with E-state index in [9.17, 15) is 9.59 Å². The number of nitrogens with zero attached hydrogens (tertiary/aromatic N) is 2. The van der Waals surface area contributed by atoms with Gasteiger partial charge in [-0.05, 0) is 31.9 Å². The SMILES string of the molecule is CCOC(=O)c1c(C)c(C(=O)Nc2ccon2)c(C)n1Cc1ccccc1. The molecule has 3 rings (SSSR count). The van der Waals surface area contributed by atoms with Crippen LogP contribution in [-0.2, 0) is 11.3 Å². The van der Waals surface area contributed by atoms with Gasteiger partial charge in [-0.2, -0.15) is 0 Å². The average molecular weight is 367 g/mol. The zero-order valence-electron chi connectivity index (χ0n) is 15.5. The molecule has 3 aromatic rings. The summed E-state index contributed by atoms with van der Waals surface area (Å²) < 4.78 is 11.8. The summed E-state index contributed by atoms with van der Waals surface area (Å²) in [5.41, 5.74) is 3.08. The fourth-order valence-corrected chi connectivity index (χ4v) is 3.11. The Hall–Kier alpha value is -3.35. The lowest BCUT2D eigenvalue weighted by atomic mass is 10.1. The van der Waals surface area contributed by atoms with Gasteiger partial charge in [-0.15, -0.1) is 0 Å². The molecule has 0 spiro atoms. The Morgan fingerprint density at radius 1 is 1.19 bits per heavy atom. The van der Waals surface area contributed by atoms with Crippen molar-refractivity contribution in [2.75, 3.05) is 11.9 Å². The van der Waals surface area contributed by atoms with Crippen molar-refractivity contribution >= 4 is 17.7 Å². The number of amides is 1. The first-order valence-corrected chi connectivity index (χ1v) is 8.65. The lowest BCUT2D eigenvalue weighted by Gasteiger charge is -2.12. The number of ether oxygens (including phenoxy) is 1. The molecule has 2 heterocycles. The maximum atomic E-state index is 12.8. The fraction of sp³-hybridized carbons (Fsp3) is 0.250. The molecule has 1 N–H and O–H groups in total. The minimum atomic E-state index is -0.450. The smallest absolute Gasteiger partial charge is 0.355 e. The molecule has 140 valence electrons. The van der Waals surface area contributed by atoms with Gasteiger partial charge in [0.1, 0.15) is 12.0 Å². The molecule has 0 atom stereocenters. The van der Waals surface area contributed by atoms with Gasteiger partial charge in [0.05, 0.1) is 12.2 Å². The van der Waals surface area contributed by atoms with Crippen LogP contribution in [0.3, 0.4) is 0 Å². The van der Waals surface area contributed by atoms with Gasteiger partial charge in [0, 0.05) is 18.3 Å². The van der Waals surface area contributed by atoms with Crippen LogP contribution < -0.4 is 5.32 Å². The predicted molar refractivity (Wildman–Crippen MR) is 99.9 cm³/mol. The van der Waals surface area contributed by atoms with Crippen LogP contribution in [0.1, 0.15) is 44.6 Å². The van der Waals surface area contributed by atoms with Gasteiger partial charge in [0.2, 0.25) is 0 Å². The number of aromatic nitrogens is 2. The van der Waals surface area contributed by atoms with Gasteiger partial charge in [-0.1, -0.05) is 35.5 Å². The van der Waals surface area contributed by atoms with Crippen molar-refractivity contribution in [3.8, 4) is 0 Å². The maximum Gasteiger partial charge on any atom is 0.355 e. The minimum absolute atomic E-state index is 0.258. The molecule has 0 fully saturated rings. The predicted octanol–water partition coefficient (Wildman–Crippen LogP) is 3.57. The second kappa shape index (κ2) is 7.90. The largest absolute Gasteiger partial charge is 0.461 e. The molecule has 0 aliphatic rings. The topological polar surface area (TPSA) is 86.4 Å². The third-order valence-electron chi connectivity index (χ3n) is 4.33. The lowest BCUT2D eigenvalue weighted by Crippen LogP contribution is -2.15. The summed E-state index contributed by atoms with van der Waals surface area (Å²) in [4.78, 5) is 25.4. The number of nitrogens with one attached hydrogen (secondary N) is 1. The molecule has 1 amide bonds. The van der Waals surface area contributed by atoms with Gasteiger partial charge in [0.25, 0.3) is 5.91 Å². The molecule has 0 saturated carbocycles. The first-order valence-electron chi connectivity index (χ1n) is 8.65. The highest BCUT2D eigenvalue weighted by atomic mass is 16.5. The number of benzene rings is 1. The second-order valence-electron chi connectivity index (χ2n) is 6.07. The molecule has 7 heteroatoms. The van der Waals surface area contributed by atoms with E-state index in [2.05, 4.69) is 10.5 Å². The second-order valence-corrected chi connectivity index (χ2v) is 6.07. The van der Waals surface area contributed by atoms with E-state index in [1.54, 1.807) is 19.9 Å². The van der Waals surface area contributed by atoms with E-state index >= 15 is 0 Å². The molecular weight excluding hydrogens is 346 g/mol. The molecule has 0 radical (unpaired) electrons. The van der Waals surface area contributed by atoms with E-state index in [0.29, 0.717) is 34.9 Å². The molecule has 0 aliphatic carbocycles. The summed E-state index contributed by atoms with van der Waals surface area (Å²) in [7, 11) is 0. The van der Waals surface area contributed by atoms with Crippen LogP contribution in [0.2, 0.25) is 0 Å². The molecule has 1 aromatic carbocycles. The standard InChI is InChI=1S/C20H21N3O4/c1-4-26-20(25)18-13(2)17(19(24)21-16-10-11-27-22-16)14(3)23(18)12-15-8-6-5-7-9-15/h5-11H,4,12H2,1-3H3,(H,21,22,24). The van der Waals surface area contributed by atoms with Crippen molar-refractivity contribution < 1.29 is 18.8 Å². The number of rotatable bonds is 6. The first-order chi connectivity index (χ1) is 13.0. The summed E-state index contributed by atoms with van der Waals surface area (Å²) in [6, 6.07) is 11.3. The lowest BCUT2D eigenvalue weighted by molar-refractivity contribution is 0.0513. The number of carbonyl (C=O) groups excluding carboxylic acids is 2. The zero-order chi connectivity index (χ0) is 19.4. The third-order valence-corrected chi connectivity index (χ3v) is 4.33. The highest BCUT2D eigenvalue weighted by Gasteiger charge is 2.27. The minimum Gasteiger partial charge on any atom is -0.461 e. The average Bonchev–Trinajstić information content (AvgIpc) is 3.23. The Balaban J connectivity index is 2.04. The Morgan fingerprint density at radius 3 is 2.56 bits per heavy atom. The molecule has 2 aromatic heterocycles. The van der Waals surface area contributed by atoms with E-state index in [0.717, 1.165) is 5.56 Å². The van der Waals surface area contributed by atoms with Crippen LogP contribution in [0.5, 0.6) is 0 Å². The Morgan fingerprint density at radius 2 is 1.93 bits per heavy atom. The van der Waals surface area contributed by atoms with Crippen LogP contribution in [0.4, 0.5) is 5.82 Å². The van der Waals surface area contributed by atoms with Gasteiger partial charge in [-0.25, -0.2) is 4.79 Å². The number of hydrogen-bond acceptors (Lipinski definition) is 5. The van der Waals surface area contributed by atoms with Crippen molar-refractivity contribution in [3.05, 3.63) is 70.7 Å². The fourth-order valence-electron chi connectivity index (χ4n) is 3.11. The first kappa shape index (κ1) is 18.4. The molecule has 0 aliphatic heterocycles. The van der Waals surface area contributed by atoms with Crippen LogP contribution in [0.25, 0.3) is 0 Å². The number of carbonyl (C=O) groups is 2. The highest BCUT2D eigenvalue weighted by molar-refractivity contribution is 6.08. The molecular formula is C20H21N3O4. The monoisotopic (exact) mass is 367 g/mol. The van der Waals surface area contributed by atoms with Crippen molar-refractivity contribution in [1.82, 2.24) is 9.72 Å². The van der Waals surface area contributed by atoms with Gasteiger partial charge >= 0.3 is 5.97 Å². The quantitative estimate of drug-likeness (QED) is 0.673. The summed E-state index contributed by atoms with van der Waals surface area (Å²) in [5, 5.41) is 6.38. The van der Waals surface area contributed by atoms with E-state index < -0.39 is 5.97 Å². The third kappa shape index (κ3) is 3.76. The maximum absolute atomic E-state index is 12.8. The van der Waals surface area contributed by atoms with Crippen LogP contribution >= 0.6 is 0 Å². The Kier molecular flexibility index (Phi) is 5.40. The molecule has 27 heavy (non-hydrogen) atoms. The van der Waals surface area contributed by atoms with Crippen molar-refractivity contribution in [2.24, 2.45) is 0 Å². The summed E-state index contributed by atoms with van der Waals surface area (Å²) in [6.45, 7) is 6.03. The van der Waals surface area contributed by atoms with E-state index in [-0.39, 0.29) is 12.5 Å². The number of anilines is 1. The van der Waals surface area contributed by atoms with Gasteiger partial charge in [0.15, 0.2) is 5.82 Å². The summed E-state index contributed by atoms with van der Waals surface area (Å²) in [6.07, 6.45) is 1.37. The summed E-state index contributed by atoms with van der Waals surface area (Å²) >= 11 is 0. The van der Waals surface area contributed by atoms with Gasteiger partial charge < -0.3 is 19.1 Å². The van der Waals surface area contributed by atoms with Crippen molar-refractivity contribution in [3.63, 3.8) is 0 Å². The summed E-state index contributed by atoms with van der Waals surface area (Å²) in [5.74, 6) is -0.488. The van der Waals surface area contributed by atoms with Crippen molar-refractivity contribution in [1.29, 1.82) is 0 Å². The van der Waals surface area contributed by atoms with Gasteiger partial charge in [-0.3, -0.25) is 4.79 Å². The van der Waals surface area contributed by atoms with Crippen LogP contribution in [0.15, 0.2) is 47.2 Å². The van der Waals surface area contributed by atoms with Crippen LogP contribution in [-0.4, -0.2) is 28.2 Å². The Labute approximate surface area is 156 Å². The molecule has 7 nitrogen and oxygen atoms in total. The van der Waals surface area contributed by atoms with E-state index in [1.165, 1.54) is 6.26 Å².